The molecule has 4 rings (SSSR count). The smallest absolute Gasteiger partial charge is 0.338 e. The number of nitrogens with zero attached hydrogens (tertiary/aromatic N) is 3. The third kappa shape index (κ3) is 4.28. The average Bonchev–Trinajstić information content (AvgIpc) is 3.24. The molecule has 0 saturated heterocycles. The number of ether oxygens (including phenoxy) is 1. The Bertz CT molecular complexity index is 1030. The van der Waals surface area contributed by atoms with E-state index in [1.807, 2.05) is 42.1 Å². The normalized spacial score (nSPS) is 14.5. The summed E-state index contributed by atoms with van der Waals surface area (Å²) >= 11 is 0. The predicted octanol–water partition coefficient (Wildman–Crippen LogP) is 4.52. The molecule has 2 aromatic carbocycles. The number of fused-ring (bicyclic) bond motifs is 1. The lowest BCUT2D eigenvalue weighted by Gasteiger charge is -2.17. The number of hydrogen-bond acceptors (Lipinski definition) is 4. The molecular weight excluding hydrogens is 381 g/mol. The van der Waals surface area contributed by atoms with Crippen molar-refractivity contribution >= 4 is 5.97 Å². The highest BCUT2D eigenvalue weighted by molar-refractivity contribution is 5.89. The van der Waals surface area contributed by atoms with E-state index in [0.29, 0.717) is 30.7 Å². The van der Waals surface area contributed by atoms with E-state index in [0.717, 1.165) is 30.0 Å². The van der Waals surface area contributed by atoms with Gasteiger partial charge in [0.25, 0.3) is 0 Å². The van der Waals surface area contributed by atoms with Crippen molar-refractivity contribution in [2.75, 3.05) is 13.7 Å². The fourth-order valence-corrected chi connectivity index (χ4v) is 3.91. The molecule has 2 heterocycles. The van der Waals surface area contributed by atoms with E-state index in [1.165, 1.54) is 6.07 Å². The molecule has 1 aliphatic rings. The van der Waals surface area contributed by atoms with Gasteiger partial charge in [-0.1, -0.05) is 37.3 Å². The van der Waals surface area contributed by atoms with E-state index >= 15 is 0 Å². The summed E-state index contributed by atoms with van der Waals surface area (Å²) in [6.07, 6.45) is 0.708. The van der Waals surface area contributed by atoms with Gasteiger partial charge in [-0.05, 0) is 43.7 Å². The van der Waals surface area contributed by atoms with Crippen LogP contribution in [-0.2, 0) is 24.4 Å². The van der Waals surface area contributed by atoms with Gasteiger partial charge in [0, 0.05) is 30.8 Å². The highest BCUT2D eigenvalue weighted by Gasteiger charge is 2.27. The summed E-state index contributed by atoms with van der Waals surface area (Å²) in [6.45, 7) is 4.62. The van der Waals surface area contributed by atoms with Gasteiger partial charge < -0.3 is 4.74 Å². The second kappa shape index (κ2) is 8.79. The molecule has 1 unspecified atom stereocenters. The number of benzene rings is 2. The van der Waals surface area contributed by atoms with Gasteiger partial charge in [-0.15, -0.1) is 0 Å². The molecule has 0 N–H and O–H groups in total. The highest BCUT2D eigenvalue weighted by Crippen LogP contribution is 2.34. The molecule has 0 radical (unpaired) electrons. The monoisotopic (exact) mass is 407 g/mol. The lowest BCUT2D eigenvalue weighted by atomic mass is 10.0. The number of esters is 1. The Balaban J connectivity index is 1.45. The largest absolute Gasteiger partial charge is 0.462 e. The van der Waals surface area contributed by atoms with Crippen molar-refractivity contribution in [3.8, 4) is 11.3 Å². The van der Waals surface area contributed by atoms with Crippen LogP contribution in [0.25, 0.3) is 11.3 Å². The SMILES string of the molecule is CC(CCOC(=O)c1ccccc1)Cn1nc2c(c1-c1ccccc1F)CN(C)C2. The zero-order valence-electron chi connectivity index (χ0n) is 17.3. The molecule has 5 nitrogen and oxygen atoms in total. The zero-order chi connectivity index (χ0) is 21.1. The first-order valence-electron chi connectivity index (χ1n) is 10.3. The quantitative estimate of drug-likeness (QED) is 0.541. The van der Waals surface area contributed by atoms with Gasteiger partial charge in [0.2, 0.25) is 0 Å². The summed E-state index contributed by atoms with van der Waals surface area (Å²) in [5.74, 6) is -0.326. The first-order valence-corrected chi connectivity index (χ1v) is 10.3. The summed E-state index contributed by atoms with van der Waals surface area (Å²) in [4.78, 5) is 14.3. The number of carbonyl (C=O) groups excluding carboxylic acids is 1. The molecule has 0 amide bonds. The van der Waals surface area contributed by atoms with Crippen molar-refractivity contribution in [1.82, 2.24) is 14.7 Å². The maximum atomic E-state index is 14.6. The molecule has 0 aliphatic carbocycles. The lowest BCUT2D eigenvalue weighted by molar-refractivity contribution is 0.0482. The van der Waals surface area contributed by atoms with E-state index in [9.17, 15) is 9.18 Å². The van der Waals surface area contributed by atoms with Gasteiger partial charge in [0.1, 0.15) is 5.82 Å². The van der Waals surface area contributed by atoms with E-state index in [4.69, 9.17) is 9.84 Å². The van der Waals surface area contributed by atoms with Gasteiger partial charge in [-0.3, -0.25) is 9.58 Å². The van der Waals surface area contributed by atoms with Crippen LogP contribution in [0.5, 0.6) is 0 Å². The van der Waals surface area contributed by atoms with Crippen LogP contribution in [0, 0.1) is 11.7 Å². The first kappa shape index (κ1) is 20.3. The fraction of sp³-hybridized carbons (Fsp3) is 0.333. The van der Waals surface area contributed by atoms with Crippen molar-refractivity contribution in [2.24, 2.45) is 5.92 Å². The highest BCUT2D eigenvalue weighted by atomic mass is 19.1. The van der Waals surface area contributed by atoms with E-state index in [-0.39, 0.29) is 17.7 Å². The summed E-state index contributed by atoms with van der Waals surface area (Å²) in [5.41, 5.74) is 4.12. The number of carbonyl (C=O) groups is 1. The third-order valence-corrected chi connectivity index (χ3v) is 5.45. The second-order valence-corrected chi connectivity index (χ2v) is 8.00. The maximum Gasteiger partial charge on any atom is 0.338 e. The van der Waals surface area contributed by atoms with Crippen LogP contribution < -0.4 is 0 Å². The topological polar surface area (TPSA) is 47.4 Å². The Kier molecular flexibility index (Phi) is 5.95. The summed E-state index contributed by atoms with van der Waals surface area (Å²) in [7, 11) is 2.04. The second-order valence-electron chi connectivity index (χ2n) is 8.00. The first-order chi connectivity index (χ1) is 14.5. The van der Waals surface area contributed by atoms with Crippen LogP contribution in [-0.4, -0.2) is 34.3 Å². The number of halogens is 1. The van der Waals surface area contributed by atoms with Gasteiger partial charge in [-0.2, -0.15) is 5.10 Å². The number of rotatable bonds is 7. The minimum Gasteiger partial charge on any atom is -0.462 e. The minimum atomic E-state index is -0.309. The van der Waals surface area contributed by atoms with Crippen molar-refractivity contribution in [3.63, 3.8) is 0 Å². The van der Waals surface area contributed by atoms with Crippen LogP contribution in [0.3, 0.4) is 0 Å². The Labute approximate surface area is 176 Å². The van der Waals surface area contributed by atoms with Crippen LogP contribution in [0.4, 0.5) is 4.39 Å². The predicted molar refractivity (Wildman–Crippen MR) is 113 cm³/mol. The Morgan fingerprint density at radius 2 is 1.87 bits per heavy atom. The molecule has 0 bridgehead atoms. The molecule has 1 aliphatic heterocycles. The number of hydrogen-bond donors (Lipinski definition) is 0. The Hall–Kier alpha value is -2.99. The standard InChI is InChI=1S/C24H26FN3O2/c1-17(12-13-30-24(29)18-8-4-3-5-9-18)14-28-23(19-10-6-7-11-21(19)25)20-15-27(2)16-22(20)26-28/h3-11,17H,12-16H2,1-2H3. The van der Waals surface area contributed by atoms with Gasteiger partial charge >= 0.3 is 5.97 Å². The van der Waals surface area contributed by atoms with Crippen molar-refractivity contribution < 1.29 is 13.9 Å². The molecule has 6 heteroatoms. The van der Waals surface area contributed by atoms with Crippen LogP contribution >= 0.6 is 0 Å². The van der Waals surface area contributed by atoms with Crippen molar-refractivity contribution in [2.45, 2.75) is 33.0 Å². The zero-order valence-corrected chi connectivity index (χ0v) is 17.3. The summed E-state index contributed by atoms with van der Waals surface area (Å²) < 4.78 is 21.9. The molecule has 1 atom stereocenters. The van der Waals surface area contributed by atoms with Crippen LogP contribution in [0.15, 0.2) is 54.6 Å². The Morgan fingerprint density at radius 3 is 2.63 bits per heavy atom. The van der Waals surface area contributed by atoms with Crippen LogP contribution in [0.1, 0.15) is 35.0 Å². The molecule has 0 spiro atoms. The fourth-order valence-electron chi connectivity index (χ4n) is 3.91. The van der Waals surface area contributed by atoms with E-state index in [2.05, 4.69) is 11.8 Å². The van der Waals surface area contributed by atoms with Crippen molar-refractivity contribution in [1.29, 1.82) is 0 Å². The third-order valence-electron chi connectivity index (χ3n) is 5.45. The molecule has 156 valence electrons. The molecular formula is C24H26FN3O2. The number of aromatic nitrogens is 2. The molecule has 0 fully saturated rings. The van der Waals surface area contributed by atoms with Gasteiger partial charge in [0.15, 0.2) is 0 Å². The lowest BCUT2D eigenvalue weighted by Crippen LogP contribution is -2.17. The van der Waals surface area contributed by atoms with E-state index < -0.39 is 0 Å². The minimum absolute atomic E-state index is 0.219. The van der Waals surface area contributed by atoms with E-state index in [1.54, 1.807) is 18.2 Å². The van der Waals surface area contributed by atoms with Crippen molar-refractivity contribution in [3.05, 3.63) is 77.2 Å². The summed E-state index contributed by atoms with van der Waals surface area (Å²) in [6, 6.07) is 15.9. The Morgan fingerprint density at radius 1 is 1.13 bits per heavy atom. The molecule has 30 heavy (non-hydrogen) atoms. The summed E-state index contributed by atoms with van der Waals surface area (Å²) in [5, 5.41) is 4.79. The maximum absolute atomic E-state index is 14.6. The van der Waals surface area contributed by atoms with Crippen LogP contribution in [0.2, 0.25) is 0 Å². The molecule has 0 saturated carbocycles. The molecule has 3 aromatic rings. The molecule has 1 aromatic heterocycles. The van der Waals surface area contributed by atoms with Gasteiger partial charge in [0.05, 0.1) is 23.6 Å². The van der Waals surface area contributed by atoms with Gasteiger partial charge in [-0.25, -0.2) is 9.18 Å². The average molecular weight is 407 g/mol.